The van der Waals surface area contributed by atoms with Gasteiger partial charge in [0.2, 0.25) is 0 Å². The van der Waals surface area contributed by atoms with E-state index in [9.17, 15) is 4.79 Å². The molecule has 0 radical (unpaired) electrons. The van der Waals surface area contributed by atoms with Gasteiger partial charge in [-0.2, -0.15) is 0 Å². The van der Waals surface area contributed by atoms with Crippen LogP contribution in [0.2, 0.25) is 0 Å². The van der Waals surface area contributed by atoms with E-state index in [1.807, 2.05) is 25.7 Å². The van der Waals surface area contributed by atoms with Crippen LogP contribution in [0.3, 0.4) is 0 Å². The highest BCUT2D eigenvalue weighted by Crippen LogP contribution is 2.30. The number of likely N-dealkylation sites (tertiary alicyclic amines) is 1. The largest absolute Gasteiger partial charge is 0.493 e. The monoisotopic (exact) mass is 401 g/mol. The number of hydrogen-bond donors (Lipinski definition) is 0. The maximum absolute atomic E-state index is 12.2. The molecule has 29 heavy (non-hydrogen) atoms. The summed E-state index contributed by atoms with van der Waals surface area (Å²) >= 11 is 0. The van der Waals surface area contributed by atoms with E-state index in [4.69, 9.17) is 9.47 Å². The van der Waals surface area contributed by atoms with Gasteiger partial charge in [-0.1, -0.05) is 50.3 Å². The first kappa shape index (κ1) is 22.0. The molecule has 4 heteroatoms. The number of hydrogen-bond acceptors (Lipinski definition) is 3. The van der Waals surface area contributed by atoms with Crippen LogP contribution in [-0.4, -0.2) is 36.3 Å². The summed E-state index contributed by atoms with van der Waals surface area (Å²) < 4.78 is 11.7. The third kappa shape index (κ3) is 7.24. The Morgan fingerprint density at radius 1 is 1.00 bits per heavy atom. The summed E-state index contributed by atoms with van der Waals surface area (Å²) in [5, 5.41) is 0. The second-order valence-electron chi connectivity index (χ2n) is 9.87. The van der Waals surface area contributed by atoms with Crippen molar-refractivity contribution in [1.82, 2.24) is 4.90 Å². The second-order valence-corrected chi connectivity index (χ2v) is 9.87. The standard InChI is InChI=1S/C25H39NO3/c1-25(2,3)29-24(27)26-17-15-21(16-18-26)19-28-23-12-8-7-11-22(23)14-13-20-9-5-4-6-10-20/h7-8,11-12,20-21H,4-6,9-10,13-19H2,1-3H3. The van der Waals surface area contributed by atoms with Crippen LogP contribution < -0.4 is 4.74 Å². The number of benzene rings is 1. The van der Waals surface area contributed by atoms with Gasteiger partial charge in [0, 0.05) is 13.1 Å². The van der Waals surface area contributed by atoms with E-state index in [1.165, 1.54) is 44.1 Å². The van der Waals surface area contributed by atoms with Crippen molar-refractivity contribution in [3.8, 4) is 5.75 Å². The predicted octanol–water partition coefficient (Wildman–Crippen LogP) is 6.23. The lowest BCUT2D eigenvalue weighted by atomic mass is 9.85. The Hall–Kier alpha value is -1.71. The molecular formula is C25H39NO3. The molecule has 4 nitrogen and oxygen atoms in total. The Labute approximate surface area is 177 Å². The number of nitrogens with zero attached hydrogens (tertiary/aromatic N) is 1. The number of aryl methyl sites for hydroxylation is 1. The average Bonchev–Trinajstić information content (AvgIpc) is 2.71. The van der Waals surface area contributed by atoms with Gasteiger partial charge in [-0.05, 0) is 69.9 Å². The van der Waals surface area contributed by atoms with Crippen LogP contribution in [0.25, 0.3) is 0 Å². The van der Waals surface area contributed by atoms with Gasteiger partial charge in [0.25, 0.3) is 0 Å². The second kappa shape index (κ2) is 10.4. The van der Waals surface area contributed by atoms with E-state index in [0.717, 1.165) is 50.6 Å². The molecule has 1 heterocycles. The zero-order valence-corrected chi connectivity index (χ0v) is 18.6. The highest BCUT2D eigenvalue weighted by Gasteiger charge is 2.27. The first-order valence-corrected chi connectivity index (χ1v) is 11.6. The molecule has 1 saturated heterocycles. The number of piperidine rings is 1. The van der Waals surface area contributed by atoms with Gasteiger partial charge in [-0.3, -0.25) is 0 Å². The lowest BCUT2D eigenvalue weighted by Crippen LogP contribution is -2.42. The average molecular weight is 402 g/mol. The molecule has 1 aliphatic carbocycles. The fraction of sp³-hybridized carbons (Fsp3) is 0.720. The highest BCUT2D eigenvalue weighted by atomic mass is 16.6. The molecule has 1 aliphatic heterocycles. The van der Waals surface area contributed by atoms with Crippen molar-refractivity contribution < 1.29 is 14.3 Å². The third-order valence-electron chi connectivity index (χ3n) is 6.26. The smallest absolute Gasteiger partial charge is 0.410 e. The maximum atomic E-state index is 12.2. The molecule has 2 fully saturated rings. The number of carbonyl (C=O) groups excluding carboxylic acids is 1. The fourth-order valence-electron chi connectivity index (χ4n) is 4.50. The molecule has 0 spiro atoms. The first-order valence-electron chi connectivity index (χ1n) is 11.6. The van der Waals surface area contributed by atoms with E-state index in [-0.39, 0.29) is 6.09 Å². The van der Waals surface area contributed by atoms with Gasteiger partial charge in [-0.15, -0.1) is 0 Å². The van der Waals surface area contributed by atoms with E-state index in [2.05, 4.69) is 24.3 Å². The van der Waals surface area contributed by atoms with Crippen LogP contribution in [0.4, 0.5) is 4.79 Å². The van der Waals surface area contributed by atoms with E-state index in [0.29, 0.717) is 5.92 Å². The minimum atomic E-state index is -0.432. The normalized spacial score (nSPS) is 19.2. The zero-order chi connectivity index (χ0) is 20.7. The Kier molecular flexibility index (Phi) is 7.85. The van der Waals surface area contributed by atoms with Gasteiger partial charge < -0.3 is 14.4 Å². The Bertz CT molecular complexity index is 638. The zero-order valence-electron chi connectivity index (χ0n) is 18.6. The predicted molar refractivity (Wildman–Crippen MR) is 117 cm³/mol. The summed E-state index contributed by atoms with van der Waals surface area (Å²) in [7, 11) is 0. The number of amides is 1. The van der Waals surface area contributed by atoms with Crippen molar-refractivity contribution >= 4 is 6.09 Å². The summed E-state index contributed by atoms with van der Waals surface area (Å²) in [6.07, 6.45) is 11.2. The van der Waals surface area contributed by atoms with Gasteiger partial charge in [-0.25, -0.2) is 4.79 Å². The fourth-order valence-corrected chi connectivity index (χ4v) is 4.50. The van der Waals surface area contributed by atoms with Crippen LogP contribution in [0.1, 0.15) is 77.7 Å². The maximum Gasteiger partial charge on any atom is 0.410 e. The van der Waals surface area contributed by atoms with Crippen LogP contribution in [-0.2, 0) is 11.2 Å². The highest BCUT2D eigenvalue weighted by molar-refractivity contribution is 5.68. The Balaban J connectivity index is 1.43. The van der Waals surface area contributed by atoms with Crippen molar-refractivity contribution in [2.45, 2.75) is 84.2 Å². The lowest BCUT2D eigenvalue weighted by molar-refractivity contribution is 0.0165. The molecule has 2 aliphatic rings. The van der Waals surface area contributed by atoms with Crippen LogP contribution in [0, 0.1) is 11.8 Å². The molecule has 162 valence electrons. The first-order chi connectivity index (χ1) is 13.9. The van der Waals surface area contributed by atoms with Crippen molar-refractivity contribution in [2.75, 3.05) is 19.7 Å². The van der Waals surface area contributed by atoms with Crippen molar-refractivity contribution in [3.05, 3.63) is 29.8 Å². The van der Waals surface area contributed by atoms with E-state index in [1.54, 1.807) is 0 Å². The summed E-state index contributed by atoms with van der Waals surface area (Å²) in [5.74, 6) is 2.45. The number of rotatable bonds is 6. The van der Waals surface area contributed by atoms with Gasteiger partial charge in [0.1, 0.15) is 11.4 Å². The van der Waals surface area contributed by atoms with Crippen molar-refractivity contribution in [2.24, 2.45) is 11.8 Å². The summed E-state index contributed by atoms with van der Waals surface area (Å²) in [5.41, 5.74) is 0.919. The molecule has 0 bridgehead atoms. The molecule has 0 atom stereocenters. The molecule has 0 aromatic heterocycles. The van der Waals surface area contributed by atoms with Crippen LogP contribution in [0.5, 0.6) is 5.75 Å². The van der Waals surface area contributed by atoms with Gasteiger partial charge in [0.05, 0.1) is 6.61 Å². The van der Waals surface area contributed by atoms with E-state index >= 15 is 0 Å². The van der Waals surface area contributed by atoms with Gasteiger partial charge in [0.15, 0.2) is 0 Å². The third-order valence-corrected chi connectivity index (χ3v) is 6.26. The number of carbonyl (C=O) groups is 1. The molecule has 1 saturated carbocycles. The molecule has 3 rings (SSSR count). The molecule has 1 amide bonds. The van der Waals surface area contributed by atoms with Crippen molar-refractivity contribution in [3.63, 3.8) is 0 Å². The van der Waals surface area contributed by atoms with Crippen molar-refractivity contribution in [1.29, 1.82) is 0 Å². The Morgan fingerprint density at radius 3 is 2.38 bits per heavy atom. The van der Waals surface area contributed by atoms with Crippen LogP contribution >= 0.6 is 0 Å². The SMILES string of the molecule is CC(C)(C)OC(=O)N1CCC(COc2ccccc2CCC2CCCCC2)CC1. The molecule has 0 unspecified atom stereocenters. The summed E-state index contributed by atoms with van der Waals surface area (Å²) in [6, 6.07) is 8.54. The molecule has 1 aromatic carbocycles. The Morgan fingerprint density at radius 2 is 1.69 bits per heavy atom. The topological polar surface area (TPSA) is 38.8 Å². The quantitative estimate of drug-likeness (QED) is 0.567. The van der Waals surface area contributed by atoms with Gasteiger partial charge >= 0.3 is 6.09 Å². The lowest BCUT2D eigenvalue weighted by Gasteiger charge is -2.33. The summed E-state index contributed by atoms with van der Waals surface area (Å²) in [4.78, 5) is 14.1. The molecule has 1 aromatic rings. The summed E-state index contributed by atoms with van der Waals surface area (Å²) in [6.45, 7) is 7.99. The van der Waals surface area contributed by atoms with Crippen LogP contribution in [0.15, 0.2) is 24.3 Å². The van der Waals surface area contributed by atoms with E-state index < -0.39 is 5.60 Å². The molecular weight excluding hydrogens is 362 g/mol. The minimum Gasteiger partial charge on any atom is -0.493 e. The number of para-hydroxylation sites is 1. The minimum absolute atomic E-state index is 0.190. The molecule has 0 N–H and O–H groups in total. The number of ether oxygens (including phenoxy) is 2.